The predicted octanol–water partition coefficient (Wildman–Crippen LogP) is 0.837. The van der Waals surface area contributed by atoms with Gasteiger partial charge < -0.3 is 15.0 Å². The van der Waals surface area contributed by atoms with Gasteiger partial charge in [-0.3, -0.25) is 14.9 Å². The first-order chi connectivity index (χ1) is 12.2. The maximum atomic E-state index is 12.5. The van der Waals surface area contributed by atoms with Crippen LogP contribution >= 0.6 is 0 Å². The largest absolute Gasteiger partial charge is 0.468 e. The van der Waals surface area contributed by atoms with E-state index in [1.807, 2.05) is 0 Å². The molecule has 1 aromatic heterocycles. The average molecular weight is 372 g/mol. The number of nitrogens with one attached hydrogen (secondary N) is 2. The molecule has 3 heterocycles. The van der Waals surface area contributed by atoms with Crippen LogP contribution in [0.3, 0.4) is 0 Å². The summed E-state index contributed by atoms with van der Waals surface area (Å²) < 4.78 is 40.8. The molecule has 3 rings (SSSR count). The molecule has 8 nitrogen and oxygen atoms in total. The molecule has 0 aromatic carbocycles. The second-order valence-electron chi connectivity index (χ2n) is 6.07. The van der Waals surface area contributed by atoms with Gasteiger partial charge in [-0.25, -0.2) is 9.78 Å². The fourth-order valence-electron chi connectivity index (χ4n) is 2.90. The van der Waals surface area contributed by atoms with Crippen LogP contribution in [0.5, 0.6) is 5.88 Å². The topological polar surface area (TPSA) is 101 Å². The van der Waals surface area contributed by atoms with Crippen molar-refractivity contribution in [2.24, 2.45) is 0 Å². The van der Waals surface area contributed by atoms with Gasteiger partial charge in [-0.15, -0.1) is 0 Å². The molecule has 0 radical (unpaired) electrons. The highest BCUT2D eigenvalue weighted by Crippen LogP contribution is 2.26. The van der Waals surface area contributed by atoms with Gasteiger partial charge in [-0.05, 0) is 18.9 Å². The third-order valence-corrected chi connectivity index (χ3v) is 4.29. The first-order valence-corrected chi connectivity index (χ1v) is 7.77. The number of hydrogen-bond acceptors (Lipinski definition) is 5. The van der Waals surface area contributed by atoms with Crippen molar-refractivity contribution in [2.45, 2.75) is 24.6 Å². The molecule has 0 bridgehead atoms. The van der Waals surface area contributed by atoms with Crippen LogP contribution in [0.25, 0.3) is 0 Å². The molecule has 26 heavy (non-hydrogen) atoms. The quantitative estimate of drug-likeness (QED) is 0.766. The number of aromatic nitrogens is 1. The number of imide groups is 1. The fourth-order valence-corrected chi connectivity index (χ4v) is 2.90. The van der Waals surface area contributed by atoms with E-state index in [2.05, 4.69) is 20.4 Å². The lowest BCUT2D eigenvalue weighted by molar-refractivity contribution is -0.154. The second kappa shape index (κ2) is 6.46. The molecule has 140 valence electrons. The molecule has 2 fully saturated rings. The van der Waals surface area contributed by atoms with Crippen LogP contribution in [0.1, 0.15) is 23.2 Å². The van der Waals surface area contributed by atoms with Gasteiger partial charge in [0.2, 0.25) is 5.88 Å². The first kappa shape index (κ1) is 18.0. The Hall–Kier alpha value is -2.85. The third kappa shape index (κ3) is 3.70. The zero-order valence-corrected chi connectivity index (χ0v) is 13.4. The lowest BCUT2D eigenvalue weighted by Crippen LogP contribution is -2.55. The van der Waals surface area contributed by atoms with Crippen molar-refractivity contribution >= 4 is 17.8 Å². The number of piperidine rings is 1. The number of halogens is 3. The average Bonchev–Trinajstić information content (AvgIpc) is 2.86. The highest BCUT2D eigenvalue weighted by molar-refractivity contribution is 6.07. The van der Waals surface area contributed by atoms with Gasteiger partial charge in [0.15, 0.2) is 6.61 Å². The number of pyridine rings is 1. The molecule has 11 heteroatoms. The summed E-state index contributed by atoms with van der Waals surface area (Å²) in [6.45, 7) is -0.965. The van der Waals surface area contributed by atoms with Crippen LogP contribution in [0.4, 0.5) is 18.0 Å². The van der Waals surface area contributed by atoms with Gasteiger partial charge in [-0.1, -0.05) is 0 Å². The van der Waals surface area contributed by atoms with Crippen molar-refractivity contribution in [3.63, 3.8) is 0 Å². The molecule has 0 unspecified atom stereocenters. The minimum Gasteiger partial charge on any atom is -0.468 e. The minimum atomic E-state index is -4.47. The third-order valence-electron chi connectivity index (χ3n) is 4.29. The van der Waals surface area contributed by atoms with Crippen molar-refractivity contribution in [2.75, 3.05) is 19.7 Å². The number of alkyl halides is 3. The highest BCUT2D eigenvalue weighted by atomic mass is 19.4. The van der Waals surface area contributed by atoms with Crippen molar-refractivity contribution in [1.82, 2.24) is 20.5 Å². The van der Waals surface area contributed by atoms with Gasteiger partial charge in [0.1, 0.15) is 5.54 Å². The molecule has 1 aromatic rings. The molecule has 2 N–H and O–H groups in total. The first-order valence-electron chi connectivity index (χ1n) is 7.77. The standard InChI is InChI=1S/C15H15F3N4O4/c16-15(17,18)8-26-10-2-1-9(7-19-10)11(23)22-5-3-14(4-6-22)12(24)20-13(25)21-14/h1-2,7H,3-6,8H2,(H2,20,21,24,25). The molecule has 2 saturated heterocycles. The van der Waals surface area contributed by atoms with Crippen molar-refractivity contribution in [1.29, 1.82) is 0 Å². The Morgan fingerprint density at radius 1 is 1.27 bits per heavy atom. The van der Waals surface area contributed by atoms with Crippen molar-refractivity contribution < 1.29 is 32.3 Å². The molecular formula is C15H15F3N4O4. The number of likely N-dealkylation sites (tertiary alicyclic amines) is 1. The van der Waals surface area contributed by atoms with Crippen molar-refractivity contribution in [3.8, 4) is 5.88 Å². The van der Waals surface area contributed by atoms with E-state index in [-0.39, 0.29) is 43.3 Å². The summed E-state index contributed by atoms with van der Waals surface area (Å²) in [7, 11) is 0. The zero-order chi connectivity index (χ0) is 18.9. The fraction of sp³-hybridized carbons (Fsp3) is 0.467. The molecule has 1 spiro atoms. The van der Waals surface area contributed by atoms with E-state index in [9.17, 15) is 27.6 Å². The van der Waals surface area contributed by atoms with Gasteiger partial charge in [0, 0.05) is 25.4 Å². The predicted molar refractivity (Wildman–Crippen MR) is 80.3 cm³/mol. The van der Waals surface area contributed by atoms with Crippen LogP contribution in [0.15, 0.2) is 18.3 Å². The maximum absolute atomic E-state index is 12.5. The Balaban J connectivity index is 1.58. The Bertz CT molecular complexity index is 727. The second-order valence-corrected chi connectivity index (χ2v) is 6.07. The van der Waals surface area contributed by atoms with Crippen LogP contribution in [-0.2, 0) is 4.79 Å². The number of nitrogens with zero attached hydrogens (tertiary/aromatic N) is 2. The normalized spacial score (nSPS) is 19.3. The number of carbonyl (C=O) groups is 3. The summed E-state index contributed by atoms with van der Waals surface area (Å²) >= 11 is 0. The molecule has 0 atom stereocenters. The summed E-state index contributed by atoms with van der Waals surface area (Å²) in [5, 5.41) is 4.78. The summed E-state index contributed by atoms with van der Waals surface area (Å²) in [5.74, 6) is -0.997. The summed E-state index contributed by atoms with van der Waals surface area (Å²) in [4.78, 5) is 40.8. The molecule has 0 aliphatic carbocycles. The van der Waals surface area contributed by atoms with Crippen LogP contribution in [-0.4, -0.2) is 59.1 Å². The number of urea groups is 1. The van der Waals surface area contributed by atoms with E-state index >= 15 is 0 Å². The number of carbonyl (C=O) groups excluding carboxylic acids is 3. The van der Waals surface area contributed by atoms with E-state index in [0.717, 1.165) is 6.20 Å². The summed E-state index contributed by atoms with van der Waals surface area (Å²) in [6.07, 6.45) is -2.78. The lowest BCUT2D eigenvalue weighted by atomic mass is 9.87. The SMILES string of the molecule is O=C1NC(=O)C2(CCN(C(=O)c3ccc(OCC(F)(F)F)nc3)CC2)N1. The molecular weight excluding hydrogens is 357 g/mol. The Labute approximate surface area is 145 Å². The zero-order valence-electron chi connectivity index (χ0n) is 13.4. The maximum Gasteiger partial charge on any atom is 0.422 e. The molecule has 2 aliphatic rings. The number of ether oxygens (including phenoxy) is 1. The highest BCUT2D eigenvalue weighted by Gasteiger charge is 2.48. The Morgan fingerprint density at radius 3 is 2.46 bits per heavy atom. The van der Waals surface area contributed by atoms with E-state index < -0.39 is 30.3 Å². The van der Waals surface area contributed by atoms with Crippen LogP contribution in [0, 0.1) is 0 Å². The van der Waals surface area contributed by atoms with Crippen LogP contribution < -0.4 is 15.4 Å². The molecule has 4 amide bonds. The van der Waals surface area contributed by atoms with E-state index in [1.165, 1.54) is 17.0 Å². The summed E-state index contributed by atoms with van der Waals surface area (Å²) in [6, 6.07) is 1.97. The van der Waals surface area contributed by atoms with E-state index in [1.54, 1.807) is 0 Å². The monoisotopic (exact) mass is 372 g/mol. The lowest BCUT2D eigenvalue weighted by Gasteiger charge is -2.36. The Morgan fingerprint density at radius 2 is 1.96 bits per heavy atom. The minimum absolute atomic E-state index is 0.195. The van der Waals surface area contributed by atoms with Gasteiger partial charge >= 0.3 is 12.2 Å². The number of rotatable bonds is 3. The van der Waals surface area contributed by atoms with E-state index in [0.29, 0.717) is 0 Å². The Kier molecular flexibility index (Phi) is 4.46. The smallest absolute Gasteiger partial charge is 0.422 e. The number of hydrogen-bond donors (Lipinski definition) is 2. The van der Waals surface area contributed by atoms with Crippen LogP contribution in [0.2, 0.25) is 0 Å². The summed E-state index contributed by atoms with van der Waals surface area (Å²) in [5.41, 5.74) is -0.790. The number of amides is 4. The van der Waals surface area contributed by atoms with Crippen molar-refractivity contribution in [3.05, 3.63) is 23.9 Å². The molecule has 0 saturated carbocycles. The van der Waals surface area contributed by atoms with Gasteiger partial charge in [-0.2, -0.15) is 13.2 Å². The van der Waals surface area contributed by atoms with Gasteiger partial charge in [0.25, 0.3) is 11.8 Å². The molecule has 2 aliphatic heterocycles. The van der Waals surface area contributed by atoms with Gasteiger partial charge in [0.05, 0.1) is 5.56 Å². The van der Waals surface area contributed by atoms with E-state index in [4.69, 9.17) is 0 Å².